The molecule has 0 saturated carbocycles. The molecule has 2 atom stereocenters. The fourth-order valence-corrected chi connectivity index (χ4v) is 6.84. The molecule has 11 nitrogen and oxygen atoms in total. The Bertz CT molecular complexity index is 1630. The highest BCUT2D eigenvalue weighted by molar-refractivity contribution is 6.35. The standard InChI is InChI=1S/C31H33ClN2O9/c1-14-9-19(35)22(29(36)31(14)30(37)23-20(38-4)10-21(39-5)24(32)27(23)43-31)15(2)33-11-17-16-7-8-34(3)12-18(16)25(40-6)28-26(17)41-13-42-28/h10,14,36H,7-9,11-13H2,1-6H3/t14-,31+/m1/s1. The minimum absolute atomic E-state index is 0.0343. The molecule has 1 spiro atoms. The van der Waals surface area contributed by atoms with Crippen LogP contribution in [0.4, 0.5) is 0 Å². The number of nitrogens with zero attached hydrogens (tertiary/aromatic N) is 2. The van der Waals surface area contributed by atoms with Gasteiger partial charge in [-0.05, 0) is 26.0 Å². The van der Waals surface area contributed by atoms with Gasteiger partial charge in [-0.2, -0.15) is 0 Å². The average molecular weight is 613 g/mol. The van der Waals surface area contributed by atoms with Crippen molar-refractivity contribution in [1.82, 2.24) is 4.90 Å². The number of aliphatic hydroxyl groups is 1. The van der Waals surface area contributed by atoms with Gasteiger partial charge in [-0.25, -0.2) is 0 Å². The first-order valence-corrected chi connectivity index (χ1v) is 14.3. The number of ether oxygens (including phenoxy) is 6. The zero-order valence-electron chi connectivity index (χ0n) is 24.9. The van der Waals surface area contributed by atoms with E-state index < -0.39 is 23.1 Å². The average Bonchev–Trinajstić information content (AvgIpc) is 3.59. The number of ketones is 2. The van der Waals surface area contributed by atoms with Gasteiger partial charge in [-0.3, -0.25) is 14.6 Å². The van der Waals surface area contributed by atoms with Crippen LogP contribution >= 0.6 is 11.6 Å². The van der Waals surface area contributed by atoms with Crippen LogP contribution in [0.3, 0.4) is 0 Å². The third kappa shape index (κ3) is 4.16. The summed E-state index contributed by atoms with van der Waals surface area (Å²) in [5, 5.41) is 11.8. The number of benzene rings is 2. The maximum Gasteiger partial charge on any atom is 0.231 e. The van der Waals surface area contributed by atoms with Crippen LogP contribution in [0.15, 0.2) is 22.4 Å². The van der Waals surface area contributed by atoms with E-state index in [1.54, 1.807) is 21.0 Å². The van der Waals surface area contributed by atoms with Crippen molar-refractivity contribution in [2.24, 2.45) is 10.9 Å². The highest BCUT2D eigenvalue weighted by Gasteiger charge is 2.61. The molecule has 0 aromatic heterocycles. The molecule has 6 rings (SSSR count). The lowest BCUT2D eigenvalue weighted by atomic mass is 9.72. The number of methoxy groups -OCH3 is 3. The number of carbonyl (C=O) groups is 2. The molecule has 43 heavy (non-hydrogen) atoms. The maximum absolute atomic E-state index is 14.1. The first-order chi connectivity index (χ1) is 20.6. The van der Waals surface area contributed by atoms with E-state index in [1.165, 1.54) is 20.3 Å². The number of hydrogen-bond acceptors (Lipinski definition) is 11. The topological polar surface area (TPSA) is 125 Å². The Morgan fingerprint density at radius 2 is 1.84 bits per heavy atom. The number of hydrogen-bond donors (Lipinski definition) is 1. The summed E-state index contributed by atoms with van der Waals surface area (Å²) >= 11 is 6.55. The summed E-state index contributed by atoms with van der Waals surface area (Å²) in [6, 6.07) is 1.49. The summed E-state index contributed by atoms with van der Waals surface area (Å²) in [7, 11) is 6.49. The van der Waals surface area contributed by atoms with Gasteiger partial charge in [-0.1, -0.05) is 18.5 Å². The zero-order valence-corrected chi connectivity index (χ0v) is 25.6. The smallest absolute Gasteiger partial charge is 0.231 e. The molecule has 0 bridgehead atoms. The van der Waals surface area contributed by atoms with Crippen molar-refractivity contribution in [2.75, 3.05) is 41.7 Å². The Hall–Kier alpha value is -3.96. The quantitative estimate of drug-likeness (QED) is 0.467. The van der Waals surface area contributed by atoms with Gasteiger partial charge in [0.25, 0.3) is 0 Å². The molecule has 4 aliphatic rings. The molecule has 0 fully saturated rings. The van der Waals surface area contributed by atoms with Gasteiger partial charge in [0.15, 0.2) is 28.8 Å². The predicted molar refractivity (Wildman–Crippen MR) is 157 cm³/mol. The number of aliphatic imine (C=N–C) groups is 1. The van der Waals surface area contributed by atoms with Gasteiger partial charge in [0.1, 0.15) is 22.1 Å². The molecular formula is C31H33ClN2O9. The van der Waals surface area contributed by atoms with Crippen molar-refractivity contribution in [2.45, 2.75) is 45.4 Å². The van der Waals surface area contributed by atoms with Crippen molar-refractivity contribution in [1.29, 1.82) is 0 Å². The predicted octanol–water partition coefficient (Wildman–Crippen LogP) is 4.48. The molecule has 12 heteroatoms. The molecule has 2 aromatic carbocycles. The molecule has 1 aliphatic carbocycles. The SMILES string of the molecule is COc1cc(OC)c2c(c1Cl)O[C@]1(C2=O)C(O)=C(C(C)=NCc2c3c(c(OC)c4c2OCO4)CN(C)CC3)C(=O)C[C@H]1C. The van der Waals surface area contributed by atoms with E-state index >= 15 is 0 Å². The van der Waals surface area contributed by atoms with Crippen molar-refractivity contribution in [3.63, 3.8) is 0 Å². The number of Topliss-reactive ketones (excluding diaryl/α,β-unsaturated/α-hetero) is 2. The molecule has 2 aromatic rings. The summed E-state index contributed by atoms with van der Waals surface area (Å²) in [6.45, 7) is 5.05. The first-order valence-electron chi connectivity index (χ1n) is 13.9. The Labute approximate surface area is 253 Å². The van der Waals surface area contributed by atoms with Gasteiger partial charge in [0.2, 0.25) is 23.9 Å². The van der Waals surface area contributed by atoms with Crippen LogP contribution in [0.1, 0.15) is 47.3 Å². The monoisotopic (exact) mass is 612 g/mol. The first kappa shape index (κ1) is 29.1. The van der Waals surface area contributed by atoms with E-state index in [9.17, 15) is 14.7 Å². The zero-order chi connectivity index (χ0) is 30.8. The van der Waals surface area contributed by atoms with E-state index in [0.29, 0.717) is 23.8 Å². The maximum atomic E-state index is 14.1. The Morgan fingerprint density at radius 3 is 2.53 bits per heavy atom. The summed E-state index contributed by atoms with van der Waals surface area (Å²) in [6.07, 6.45) is 0.697. The summed E-state index contributed by atoms with van der Waals surface area (Å²) in [5.41, 5.74) is 1.32. The summed E-state index contributed by atoms with van der Waals surface area (Å²) in [4.78, 5) is 34.4. The van der Waals surface area contributed by atoms with Crippen LogP contribution in [-0.2, 0) is 24.3 Å². The third-order valence-corrected chi connectivity index (χ3v) is 9.14. The Balaban J connectivity index is 1.44. The number of halogens is 1. The second-order valence-electron chi connectivity index (χ2n) is 11.1. The minimum Gasteiger partial charge on any atom is -0.507 e. The van der Waals surface area contributed by atoms with Crippen molar-refractivity contribution in [3.8, 4) is 34.5 Å². The lowest BCUT2D eigenvalue weighted by Crippen LogP contribution is -2.53. The highest BCUT2D eigenvalue weighted by Crippen LogP contribution is 2.55. The van der Waals surface area contributed by atoms with Crippen LogP contribution in [0.2, 0.25) is 5.02 Å². The Kier molecular flexibility index (Phi) is 7.21. The van der Waals surface area contributed by atoms with E-state index in [0.717, 1.165) is 29.7 Å². The van der Waals surface area contributed by atoms with Crippen LogP contribution in [0.5, 0.6) is 34.5 Å². The second kappa shape index (κ2) is 10.6. The fraction of sp³-hybridized carbons (Fsp3) is 0.452. The molecule has 0 amide bonds. The lowest BCUT2D eigenvalue weighted by Gasteiger charge is -2.37. The van der Waals surface area contributed by atoms with E-state index in [-0.39, 0.29) is 64.7 Å². The molecule has 0 radical (unpaired) electrons. The summed E-state index contributed by atoms with van der Waals surface area (Å²) in [5.74, 6) is 0.116. The van der Waals surface area contributed by atoms with Crippen molar-refractivity contribution in [3.05, 3.63) is 44.7 Å². The van der Waals surface area contributed by atoms with Gasteiger partial charge in [0, 0.05) is 48.3 Å². The lowest BCUT2D eigenvalue weighted by molar-refractivity contribution is -0.118. The van der Waals surface area contributed by atoms with Crippen LogP contribution < -0.4 is 28.4 Å². The van der Waals surface area contributed by atoms with Gasteiger partial charge in [-0.15, -0.1) is 0 Å². The molecule has 3 heterocycles. The molecular weight excluding hydrogens is 580 g/mol. The minimum atomic E-state index is -1.88. The number of rotatable bonds is 6. The number of likely N-dealkylation sites (N-methyl/N-ethyl adjacent to an activating group) is 1. The van der Waals surface area contributed by atoms with Crippen LogP contribution in [0, 0.1) is 5.92 Å². The second-order valence-corrected chi connectivity index (χ2v) is 11.5. The molecule has 228 valence electrons. The fourth-order valence-electron chi connectivity index (χ4n) is 6.57. The number of allylic oxidation sites excluding steroid dienone is 1. The molecule has 0 unspecified atom stereocenters. The number of aliphatic hydroxyl groups excluding tert-OH is 1. The number of fused-ring (bicyclic) bond motifs is 3. The van der Waals surface area contributed by atoms with E-state index in [1.807, 2.05) is 7.05 Å². The van der Waals surface area contributed by atoms with Gasteiger partial charge >= 0.3 is 0 Å². The van der Waals surface area contributed by atoms with E-state index in [2.05, 4.69) is 4.90 Å². The highest BCUT2D eigenvalue weighted by atomic mass is 35.5. The van der Waals surface area contributed by atoms with Gasteiger partial charge < -0.3 is 38.4 Å². The van der Waals surface area contributed by atoms with Crippen molar-refractivity contribution >= 4 is 28.9 Å². The third-order valence-electron chi connectivity index (χ3n) is 8.78. The van der Waals surface area contributed by atoms with Crippen molar-refractivity contribution < 1.29 is 43.1 Å². The van der Waals surface area contributed by atoms with E-state index in [4.69, 9.17) is 45.0 Å². The van der Waals surface area contributed by atoms with Gasteiger partial charge in [0.05, 0.1) is 33.4 Å². The normalized spacial score (nSPS) is 23.0. The molecule has 0 saturated heterocycles. The van der Waals surface area contributed by atoms with Crippen LogP contribution in [0.25, 0.3) is 0 Å². The van der Waals surface area contributed by atoms with Crippen LogP contribution in [-0.4, -0.2) is 74.6 Å². The molecule has 1 N–H and O–H groups in total. The molecule has 3 aliphatic heterocycles. The largest absolute Gasteiger partial charge is 0.507 e. The Morgan fingerprint density at radius 1 is 1.12 bits per heavy atom. The number of carbonyl (C=O) groups excluding carboxylic acids is 2. The summed E-state index contributed by atoms with van der Waals surface area (Å²) < 4.78 is 34.4.